The molecule has 0 saturated carbocycles. The number of nitrogens with one attached hydrogen (secondary N) is 1. The molecule has 3 rings (SSSR count). The van der Waals surface area contributed by atoms with Gasteiger partial charge in [-0.05, 0) is 49.4 Å². The third-order valence-electron chi connectivity index (χ3n) is 6.33. The summed E-state index contributed by atoms with van der Waals surface area (Å²) >= 11 is 0. The number of sulfonamides is 1. The van der Waals surface area contributed by atoms with Crippen LogP contribution in [0.15, 0.2) is 42.5 Å². The van der Waals surface area contributed by atoms with Gasteiger partial charge in [0.2, 0.25) is 28.6 Å². The van der Waals surface area contributed by atoms with Crippen LogP contribution in [-0.4, -0.2) is 57.3 Å². The Kier molecular flexibility index (Phi) is 9.79. The number of ether oxygens (including phenoxy) is 2. The van der Waals surface area contributed by atoms with E-state index in [0.29, 0.717) is 36.7 Å². The fourth-order valence-electron chi connectivity index (χ4n) is 4.30. The summed E-state index contributed by atoms with van der Waals surface area (Å²) in [5.41, 5.74) is 2.45. The van der Waals surface area contributed by atoms with Gasteiger partial charge in [0.15, 0.2) is 11.5 Å². The van der Waals surface area contributed by atoms with Crippen LogP contribution in [0.4, 0.5) is 5.69 Å². The molecule has 10 heteroatoms. The molecule has 37 heavy (non-hydrogen) atoms. The van der Waals surface area contributed by atoms with Crippen molar-refractivity contribution >= 4 is 27.5 Å². The summed E-state index contributed by atoms with van der Waals surface area (Å²) in [4.78, 5) is 28.1. The third-order valence-corrected chi connectivity index (χ3v) is 7.53. The molecule has 1 heterocycles. The number of aryl methyl sites for hydroxylation is 1. The monoisotopic (exact) mass is 531 g/mol. The molecule has 0 saturated heterocycles. The predicted molar refractivity (Wildman–Crippen MR) is 143 cm³/mol. The van der Waals surface area contributed by atoms with Gasteiger partial charge in [-0.15, -0.1) is 0 Å². The van der Waals surface area contributed by atoms with Crippen molar-refractivity contribution in [3.8, 4) is 11.5 Å². The molecule has 1 aliphatic heterocycles. The molecule has 0 fully saturated rings. The van der Waals surface area contributed by atoms with E-state index in [0.717, 1.165) is 23.8 Å². The molecule has 9 nitrogen and oxygen atoms in total. The molecule has 0 bridgehead atoms. The Hall–Kier alpha value is -3.27. The number of benzene rings is 2. The summed E-state index contributed by atoms with van der Waals surface area (Å²) in [5.74, 6) is 0.673. The summed E-state index contributed by atoms with van der Waals surface area (Å²) in [6.45, 7) is 6.90. The Morgan fingerprint density at radius 2 is 1.81 bits per heavy atom. The highest BCUT2D eigenvalue weighted by Crippen LogP contribution is 2.36. The summed E-state index contributed by atoms with van der Waals surface area (Å²) in [6, 6.07) is 12.1. The first-order valence-electron chi connectivity index (χ1n) is 12.6. The molecule has 0 aliphatic carbocycles. The van der Waals surface area contributed by atoms with Crippen LogP contribution in [0.25, 0.3) is 0 Å². The molecule has 0 aromatic heterocycles. The number of amides is 2. The second-order valence-electron chi connectivity index (χ2n) is 9.14. The van der Waals surface area contributed by atoms with Gasteiger partial charge in [0.1, 0.15) is 6.04 Å². The highest BCUT2D eigenvalue weighted by atomic mass is 32.2. The number of fused-ring (bicyclic) bond motifs is 1. The van der Waals surface area contributed by atoms with Gasteiger partial charge in [0.25, 0.3) is 0 Å². The van der Waals surface area contributed by atoms with E-state index in [2.05, 4.69) is 5.32 Å². The molecule has 202 valence electrons. The maximum Gasteiger partial charge on any atom is 0.242 e. The molecule has 2 aromatic carbocycles. The lowest BCUT2D eigenvalue weighted by atomic mass is 10.1. The number of hydrogen-bond acceptors (Lipinski definition) is 6. The van der Waals surface area contributed by atoms with Gasteiger partial charge in [-0.1, -0.05) is 38.1 Å². The van der Waals surface area contributed by atoms with Gasteiger partial charge in [0, 0.05) is 32.1 Å². The molecule has 1 N–H and O–H groups in total. The quantitative estimate of drug-likeness (QED) is 0.423. The number of carbonyl (C=O) groups excluding carboxylic acids is 2. The smallest absolute Gasteiger partial charge is 0.242 e. The summed E-state index contributed by atoms with van der Waals surface area (Å²) in [5, 5.41) is 2.91. The molecule has 0 unspecified atom stereocenters. The molecule has 0 spiro atoms. The van der Waals surface area contributed by atoms with Gasteiger partial charge in [-0.3, -0.25) is 13.9 Å². The Labute approximate surface area is 219 Å². The number of hydrogen-bond donors (Lipinski definition) is 1. The molecule has 1 atom stereocenters. The zero-order chi connectivity index (χ0) is 27.0. The van der Waals surface area contributed by atoms with Gasteiger partial charge in [-0.2, -0.15) is 0 Å². The van der Waals surface area contributed by atoms with E-state index in [4.69, 9.17) is 9.47 Å². The van der Waals surface area contributed by atoms with Gasteiger partial charge < -0.3 is 19.7 Å². The van der Waals surface area contributed by atoms with Crippen LogP contribution >= 0.6 is 0 Å². The normalized spacial score (nSPS) is 13.2. The van der Waals surface area contributed by atoms with Gasteiger partial charge in [0.05, 0.1) is 11.9 Å². The highest BCUT2D eigenvalue weighted by molar-refractivity contribution is 7.92. The van der Waals surface area contributed by atoms with E-state index in [1.165, 1.54) is 4.31 Å². The topological polar surface area (TPSA) is 105 Å². The minimum Gasteiger partial charge on any atom is -0.454 e. The first kappa shape index (κ1) is 28.3. The van der Waals surface area contributed by atoms with Crippen molar-refractivity contribution in [3.05, 3.63) is 53.6 Å². The van der Waals surface area contributed by atoms with Crippen molar-refractivity contribution in [1.29, 1.82) is 0 Å². The maximum absolute atomic E-state index is 13.5. The first-order chi connectivity index (χ1) is 17.7. The van der Waals surface area contributed by atoms with Crippen LogP contribution in [0.3, 0.4) is 0 Å². The van der Waals surface area contributed by atoms with Crippen LogP contribution in [0, 0.1) is 6.92 Å². The number of rotatable bonds is 13. The van der Waals surface area contributed by atoms with E-state index in [-0.39, 0.29) is 38.0 Å². The summed E-state index contributed by atoms with van der Waals surface area (Å²) < 4.78 is 37.1. The predicted octanol–water partition coefficient (Wildman–Crippen LogP) is 3.60. The highest BCUT2D eigenvalue weighted by Gasteiger charge is 2.29. The van der Waals surface area contributed by atoms with Crippen LogP contribution in [-0.2, 0) is 26.2 Å². The Bertz CT molecular complexity index is 1200. The van der Waals surface area contributed by atoms with Crippen molar-refractivity contribution in [2.45, 2.75) is 59.0 Å². The van der Waals surface area contributed by atoms with Crippen molar-refractivity contribution < 1.29 is 27.5 Å². The van der Waals surface area contributed by atoms with Crippen LogP contribution < -0.4 is 19.1 Å². The standard InChI is InChI=1S/C27H37N3O6S/c1-5-15-28-27(32)23(6-2)29(18-21-11-8-7-10-20(21)3)26(31)12-9-16-30(37(4,33)34)22-13-14-24-25(17-22)36-19-35-24/h7-8,10-11,13-14,17,23H,5-6,9,12,15-16,18-19H2,1-4H3,(H,28,32)/t23-/m1/s1. The molecule has 2 amide bonds. The summed E-state index contributed by atoms with van der Waals surface area (Å²) in [7, 11) is -3.60. The molecular formula is C27H37N3O6S. The van der Waals surface area contributed by atoms with E-state index in [9.17, 15) is 18.0 Å². The maximum atomic E-state index is 13.5. The first-order valence-corrected chi connectivity index (χ1v) is 14.5. The SMILES string of the molecule is CCCNC(=O)[C@@H](CC)N(Cc1ccccc1C)C(=O)CCCN(c1ccc2c(c1)OCO2)S(C)(=O)=O. The van der Waals surface area contributed by atoms with E-state index >= 15 is 0 Å². The number of anilines is 1. The van der Waals surface area contributed by atoms with E-state index < -0.39 is 16.1 Å². The van der Waals surface area contributed by atoms with E-state index in [1.54, 1.807) is 23.1 Å². The molecule has 0 radical (unpaired) electrons. The van der Waals surface area contributed by atoms with E-state index in [1.807, 2.05) is 45.0 Å². The van der Waals surface area contributed by atoms with Crippen molar-refractivity contribution in [2.75, 3.05) is 30.4 Å². The lowest BCUT2D eigenvalue weighted by Gasteiger charge is -2.31. The fraction of sp³-hybridized carbons (Fsp3) is 0.481. The zero-order valence-electron chi connectivity index (χ0n) is 22.0. The van der Waals surface area contributed by atoms with Crippen molar-refractivity contribution in [3.63, 3.8) is 0 Å². The number of carbonyl (C=O) groups is 2. The molecule has 1 aliphatic rings. The molecular weight excluding hydrogens is 494 g/mol. The minimum atomic E-state index is -3.60. The summed E-state index contributed by atoms with van der Waals surface area (Å²) in [6.07, 6.45) is 2.79. The average Bonchev–Trinajstić information content (AvgIpc) is 3.33. The van der Waals surface area contributed by atoms with Gasteiger partial charge in [-0.25, -0.2) is 8.42 Å². The van der Waals surface area contributed by atoms with Crippen LogP contribution in [0.5, 0.6) is 11.5 Å². The zero-order valence-corrected chi connectivity index (χ0v) is 22.8. The Balaban J connectivity index is 1.76. The average molecular weight is 532 g/mol. The van der Waals surface area contributed by atoms with Crippen molar-refractivity contribution in [2.24, 2.45) is 0 Å². The second kappa shape index (κ2) is 12.8. The minimum absolute atomic E-state index is 0.0906. The Morgan fingerprint density at radius 1 is 1.08 bits per heavy atom. The van der Waals surface area contributed by atoms with Gasteiger partial charge >= 0.3 is 0 Å². The number of nitrogens with zero attached hydrogens (tertiary/aromatic N) is 2. The van der Waals surface area contributed by atoms with Crippen molar-refractivity contribution in [1.82, 2.24) is 10.2 Å². The third kappa shape index (κ3) is 7.38. The van der Waals surface area contributed by atoms with Crippen LogP contribution in [0.1, 0.15) is 50.7 Å². The van der Waals surface area contributed by atoms with Crippen LogP contribution in [0.2, 0.25) is 0 Å². The lowest BCUT2D eigenvalue weighted by Crippen LogP contribution is -2.49. The second-order valence-corrected chi connectivity index (χ2v) is 11.0. The lowest BCUT2D eigenvalue weighted by molar-refractivity contribution is -0.141. The largest absolute Gasteiger partial charge is 0.454 e. The Morgan fingerprint density at radius 3 is 2.49 bits per heavy atom. The fourth-order valence-corrected chi connectivity index (χ4v) is 5.26. The molecule has 2 aromatic rings.